The van der Waals surface area contributed by atoms with Gasteiger partial charge in [0, 0.05) is 31.6 Å². The number of rotatable bonds is 9. The molecule has 0 spiro atoms. The number of aliphatic hydroxyl groups excluding tert-OH is 1. The fourth-order valence-electron chi connectivity index (χ4n) is 3.91. The SMILES string of the molecule is CCO[C@@H]1OC(C(=O)NCc2ccc(F)cc2)=C[C@H](c2ccc(C(F)(F)F)cc2)[C@H]1CCCO. The fourth-order valence-corrected chi connectivity index (χ4v) is 3.91. The van der Waals surface area contributed by atoms with Crippen LogP contribution in [0.3, 0.4) is 0 Å². The molecule has 0 unspecified atom stereocenters. The number of ether oxygens (including phenoxy) is 2. The number of carbonyl (C=O) groups is 1. The Bertz CT molecular complexity index is 974. The molecule has 1 heterocycles. The number of nitrogens with one attached hydrogen (secondary N) is 1. The lowest BCUT2D eigenvalue weighted by Gasteiger charge is -2.37. The van der Waals surface area contributed by atoms with Gasteiger partial charge in [0.15, 0.2) is 5.76 Å². The van der Waals surface area contributed by atoms with Gasteiger partial charge < -0.3 is 19.9 Å². The van der Waals surface area contributed by atoms with Gasteiger partial charge in [0.05, 0.1) is 5.56 Å². The highest BCUT2D eigenvalue weighted by atomic mass is 19.4. The van der Waals surface area contributed by atoms with Gasteiger partial charge >= 0.3 is 6.18 Å². The van der Waals surface area contributed by atoms with Crippen molar-refractivity contribution < 1.29 is 36.9 Å². The van der Waals surface area contributed by atoms with Crippen molar-refractivity contribution in [2.45, 2.75) is 44.7 Å². The maximum atomic E-state index is 13.1. The predicted octanol–water partition coefficient (Wildman–Crippen LogP) is 4.91. The lowest BCUT2D eigenvalue weighted by Crippen LogP contribution is -2.39. The molecular weight excluding hydrogens is 454 g/mol. The molecule has 2 aromatic carbocycles. The van der Waals surface area contributed by atoms with Crippen LogP contribution in [0.2, 0.25) is 0 Å². The van der Waals surface area contributed by atoms with Crippen molar-refractivity contribution in [3.05, 3.63) is 82.9 Å². The monoisotopic (exact) mass is 481 g/mol. The van der Waals surface area contributed by atoms with Gasteiger partial charge in [-0.1, -0.05) is 24.3 Å². The highest BCUT2D eigenvalue weighted by Crippen LogP contribution is 2.40. The van der Waals surface area contributed by atoms with Gasteiger partial charge in [-0.15, -0.1) is 0 Å². The summed E-state index contributed by atoms with van der Waals surface area (Å²) in [5, 5.41) is 12.0. The zero-order valence-electron chi connectivity index (χ0n) is 18.6. The smallest absolute Gasteiger partial charge is 0.416 e. The number of carbonyl (C=O) groups excluding carboxylic acids is 1. The van der Waals surface area contributed by atoms with E-state index >= 15 is 0 Å². The van der Waals surface area contributed by atoms with Crippen LogP contribution in [-0.4, -0.2) is 30.5 Å². The summed E-state index contributed by atoms with van der Waals surface area (Å²) in [5.74, 6) is -1.71. The summed E-state index contributed by atoms with van der Waals surface area (Å²) in [4.78, 5) is 12.8. The van der Waals surface area contributed by atoms with E-state index in [-0.39, 0.29) is 30.6 Å². The second-order valence-corrected chi connectivity index (χ2v) is 7.96. The molecule has 0 radical (unpaired) electrons. The average Bonchev–Trinajstić information content (AvgIpc) is 2.82. The number of aliphatic hydroxyl groups is 1. The Hall–Kier alpha value is -2.91. The Kier molecular flexibility index (Phi) is 8.68. The second-order valence-electron chi connectivity index (χ2n) is 7.96. The topological polar surface area (TPSA) is 67.8 Å². The molecule has 3 atom stereocenters. The first-order valence-corrected chi connectivity index (χ1v) is 11.0. The molecule has 3 rings (SSSR count). The molecule has 1 amide bonds. The largest absolute Gasteiger partial charge is 0.459 e. The standard InChI is InChI=1S/C25H27F4NO4/c1-2-33-24-20(4-3-13-31)21(17-7-9-18(10-8-17)25(27,28)29)14-22(34-24)23(32)30-15-16-5-11-19(26)12-6-16/h5-12,14,20-21,24,31H,2-4,13,15H2,1H3,(H,30,32)/t20-,21-,24-/m1/s1. The summed E-state index contributed by atoms with van der Waals surface area (Å²) in [6.07, 6.45) is -2.78. The van der Waals surface area contributed by atoms with Crippen LogP contribution in [-0.2, 0) is 27.0 Å². The van der Waals surface area contributed by atoms with E-state index in [0.29, 0.717) is 30.6 Å². The number of alkyl halides is 3. The molecule has 2 N–H and O–H groups in total. The van der Waals surface area contributed by atoms with E-state index in [1.54, 1.807) is 25.1 Å². The fraction of sp³-hybridized carbons (Fsp3) is 0.400. The van der Waals surface area contributed by atoms with E-state index in [1.807, 2.05) is 0 Å². The Balaban J connectivity index is 1.87. The zero-order chi connectivity index (χ0) is 24.7. The molecular formula is C25H27F4NO4. The van der Waals surface area contributed by atoms with Gasteiger partial charge in [-0.25, -0.2) is 4.39 Å². The normalized spacial score (nSPS) is 20.4. The molecule has 0 bridgehead atoms. The quantitative estimate of drug-likeness (QED) is 0.500. The summed E-state index contributed by atoms with van der Waals surface area (Å²) < 4.78 is 63.8. The van der Waals surface area contributed by atoms with E-state index in [9.17, 15) is 27.5 Å². The lowest BCUT2D eigenvalue weighted by molar-refractivity contribution is -0.166. The van der Waals surface area contributed by atoms with Gasteiger partial charge in [0.2, 0.25) is 6.29 Å². The van der Waals surface area contributed by atoms with Gasteiger partial charge in [-0.3, -0.25) is 4.79 Å². The molecule has 1 aliphatic heterocycles. The van der Waals surface area contributed by atoms with Crippen molar-refractivity contribution in [2.24, 2.45) is 5.92 Å². The van der Waals surface area contributed by atoms with Gasteiger partial charge in [0.1, 0.15) is 5.82 Å². The van der Waals surface area contributed by atoms with Crippen LogP contribution in [0.15, 0.2) is 60.4 Å². The first-order valence-electron chi connectivity index (χ1n) is 11.0. The minimum Gasteiger partial charge on any atom is -0.459 e. The molecule has 0 aromatic heterocycles. The first kappa shape index (κ1) is 25.7. The Morgan fingerprint density at radius 3 is 2.38 bits per heavy atom. The van der Waals surface area contributed by atoms with Gasteiger partial charge in [-0.05, 0) is 61.2 Å². The third-order valence-corrected chi connectivity index (χ3v) is 5.62. The minimum absolute atomic E-state index is 0.00860. The van der Waals surface area contributed by atoms with Gasteiger partial charge in [-0.2, -0.15) is 13.2 Å². The molecule has 184 valence electrons. The Morgan fingerprint density at radius 2 is 1.79 bits per heavy atom. The lowest BCUT2D eigenvalue weighted by atomic mass is 9.80. The minimum atomic E-state index is -4.46. The molecule has 0 saturated carbocycles. The average molecular weight is 481 g/mol. The van der Waals surface area contributed by atoms with Crippen molar-refractivity contribution in [1.29, 1.82) is 0 Å². The molecule has 2 aromatic rings. The van der Waals surface area contributed by atoms with Crippen LogP contribution in [0.5, 0.6) is 0 Å². The molecule has 0 saturated heterocycles. The second kappa shape index (κ2) is 11.5. The summed E-state index contributed by atoms with van der Waals surface area (Å²) >= 11 is 0. The summed E-state index contributed by atoms with van der Waals surface area (Å²) in [5.41, 5.74) is 0.498. The van der Waals surface area contributed by atoms with Crippen LogP contribution in [0, 0.1) is 11.7 Å². The summed E-state index contributed by atoms with van der Waals surface area (Å²) in [7, 11) is 0. The molecule has 0 fully saturated rings. The number of hydrogen-bond acceptors (Lipinski definition) is 4. The van der Waals surface area contributed by atoms with E-state index in [1.165, 1.54) is 24.3 Å². The van der Waals surface area contributed by atoms with Crippen molar-refractivity contribution in [3.8, 4) is 0 Å². The van der Waals surface area contributed by atoms with E-state index in [0.717, 1.165) is 12.1 Å². The Labute approximate surface area is 195 Å². The maximum Gasteiger partial charge on any atom is 0.416 e. The third-order valence-electron chi connectivity index (χ3n) is 5.62. The molecule has 5 nitrogen and oxygen atoms in total. The third kappa shape index (κ3) is 6.57. The van der Waals surface area contributed by atoms with Crippen LogP contribution < -0.4 is 5.32 Å². The summed E-state index contributed by atoms with van der Waals surface area (Å²) in [6.45, 7) is 2.14. The first-order chi connectivity index (χ1) is 16.2. The van der Waals surface area contributed by atoms with Crippen molar-refractivity contribution in [1.82, 2.24) is 5.32 Å². The highest BCUT2D eigenvalue weighted by Gasteiger charge is 2.38. The number of benzene rings is 2. The highest BCUT2D eigenvalue weighted by molar-refractivity contribution is 5.91. The summed E-state index contributed by atoms with van der Waals surface area (Å²) in [6, 6.07) is 10.5. The number of allylic oxidation sites excluding steroid dienone is 1. The predicted molar refractivity (Wildman–Crippen MR) is 117 cm³/mol. The molecule has 9 heteroatoms. The van der Waals surface area contributed by atoms with Crippen LogP contribution in [0.1, 0.15) is 42.4 Å². The van der Waals surface area contributed by atoms with E-state index in [4.69, 9.17) is 9.47 Å². The number of halogens is 4. The van der Waals surface area contributed by atoms with E-state index < -0.39 is 29.9 Å². The maximum absolute atomic E-state index is 13.1. The molecule has 1 aliphatic rings. The molecule has 34 heavy (non-hydrogen) atoms. The zero-order valence-corrected chi connectivity index (χ0v) is 18.6. The van der Waals surface area contributed by atoms with Crippen LogP contribution >= 0.6 is 0 Å². The van der Waals surface area contributed by atoms with Crippen molar-refractivity contribution >= 4 is 5.91 Å². The number of hydrogen-bond donors (Lipinski definition) is 2. The van der Waals surface area contributed by atoms with E-state index in [2.05, 4.69) is 5.32 Å². The van der Waals surface area contributed by atoms with Crippen molar-refractivity contribution in [2.75, 3.05) is 13.2 Å². The van der Waals surface area contributed by atoms with Gasteiger partial charge in [0.25, 0.3) is 5.91 Å². The van der Waals surface area contributed by atoms with Crippen LogP contribution in [0.25, 0.3) is 0 Å². The number of amides is 1. The molecule has 0 aliphatic carbocycles. The Morgan fingerprint density at radius 1 is 1.12 bits per heavy atom. The van der Waals surface area contributed by atoms with Crippen molar-refractivity contribution in [3.63, 3.8) is 0 Å². The van der Waals surface area contributed by atoms with Crippen LogP contribution in [0.4, 0.5) is 17.6 Å².